The average Bonchev–Trinajstić information content (AvgIpc) is 3.25. The molecule has 0 radical (unpaired) electrons. The van der Waals surface area contributed by atoms with E-state index in [2.05, 4.69) is 0 Å². The van der Waals surface area contributed by atoms with Crippen molar-refractivity contribution in [3.05, 3.63) is 45.4 Å². The van der Waals surface area contributed by atoms with Gasteiger partial charge in [0.1, 0.15) is 4.88 Å². The van der Waals surface area contributed by atoms with Crippen LogP contribution in [0.3, 0.4) is 0 Å². The minimum absolute atomic E-state index is 0.102. The number of aryl methyl sites for hydroxylation is 1. The Balaban J connectivity index is 1.73. The molecule has 0 spiro atoms. The molecule has 0 N–H and O–H groups in total. The Morgan fingerprint density at radius 1 is 1.36 bits per heavy atom. The van der Waals surface area contributed by atoms with Crippen molar-refractivity contribution >= 4 is 32.9 Å². The van der Waals surface area contributed by atoms with E-state index in [1.54, 1.807) is 30.5 Å². The first-order valence-electron chi connectivity index (χ1n) is 7.91. The summed E-state index contributed by atoms with van der Waals surface area (Å²) in [5, 5.41) is 1.77. The Hall–Kier alpha value is -1.93. The summed E-state index contributed by atoms with van der Waals surface area (Å²) in [7, 11) is -3.01. The number of ether oxygens (including phenoxy) is 1. The van der Waals surface area contributed by atoms with E-state index in [1.807, 2.05) is 11.5 Å². The van der Waals surface area contributed by atoms with E-state index < -0.39 is 15.8 Å². The molecule has 1 fully saturated rings. The molecule has 0 unspecified atom stereocenters. The van der Waals surface area contributed by atoms with E-state index in [1.165, 1.54) is 11.3 Å². The highest BCUT2D eigenvalue weighted by atomic mass is 32.2. The van der Waals surface area contributed by atoms with Crippen molar-refractivity contribution in [2.45, 2.75) is 26.3 Å². The van der Waals surface area contributed by atoms with E-state index in [9.17, 15) is 18.0 Å². The van der Waals surface area contributed by atoms with Crippen molar-refractivity contribution in [1.29, 1.82) is 0 Å². The molecule has 2 aromatic rings. The van der Waals surface area contributed by atoms with Gasteiger partial charge in [-0.05, 0) is 37.8 Å². The molecule has 0 amide bonds. The van der Waals surface area contributed by atoms with Crippen LogP contribution in [-0.2, 0) is 14.6 Å². The topological polar surface area (TPSA) is 82.4 Å². The number of carbonyl (C=O) groups excluding carboxylic acids is 2. The molecule has 8 heteroatoms. The van der Waals surface area contributed by atoms with Crippen LogP contribution in [-0.4, -0.2) is 42.9 Å². The van der Waals surface area contributed by atoms with Crippen molar-refractivity contribution in [3.63, 3.8) is 0 Å². The second kappa shape index (κ2) is 6.76. The van der Waals surface area contributed by atoms with Crippen LogP contribution < -0.4 is 0 Å². The van der Waals surface area contributed by atoms with Gasteiger partial charge in [-0.1, -0.05) is 6.07 Å². The van der Waals surface area contributed by atoms with Gasteiger partial charge in [0.05, 0.1) is 11.5 Å². The zero-order valence-electron chi connectivity index (χ0n) is 14.0. The first-order chi connectivity index (χ1) is 11.8. The summed E-state index contributed by atoms with van der Waals surface area (Å²) in [4.78, 5) is 24.7. The lowest BCUT2D eigenvalue weighted by Gasteiger charge is -2.16. The summed E-state index contributed by atoms with van der Waals surface area (Å²) in [6.45, 7) is 3.32. The van der Waals surface area contributed by atoms with Crippen LogP contribution in [0.15, 0.2) is 23.6 Å². The fourth-order valence-electron chi connectivity index (χ4n) is 3.27. The molecule has 2 aromatic heterocycles. The van der Waals surface area contributed by atoms with Gasteiger partial charge >= 0.3 is 5.97 Å². The van der Waals surface area contributed by atoms with Gasteiger partial charge in [0.2, 0.25) is 5.78 Å². The molecule has 25 heavy (non-hydrogen) atoms. The van der Waals surface area contributed by atoms with Gasteiger partial charge < -0.3 is 9.30 Å². The zero-order chi connectivity index (χ0) is 18.2. The number of esters is 1. The van der Waals surface area contributed by atoms with Crippen LogP contribution in [0.1, 0.15) is 43.9 Å². The minimum atomic E-state index is -3.01. The van der Waals surface area contributed by atoms with Crippen LogP contribution in [0.25, 0.3) is 0 Å². The maximum absolute atomic E-state index is 12.4. The first-order valence-corrected chi connectivity index (χ1v) is 10.6. The summed E-state index contributed by atoms with van der Waals surface area (Å²) in [6, 6.07) is 4.98. The number of thiophene rings is 1. The third kappa shape index (κ3) is 3.69. The zero-order valence-corrected chi connectivity index (χ0v) is 15.7. The highest BCUT2D eigenvalue weighted by molar-refractivity contribution is 7.91. The van der Waals surface area contributed by atoms with Gasteiger partial charge in [-0.15, -0.1) is 11.3 Å². The Bertz CT molecular complexity index is 909. The second-order valence-corrected chi connectivity index (χ2v) is 9.36. The standard InChI is InChI=1S/C17H19NO5S2/c1-11-8-14(12(2)18(11)13-5-7-25(21,22)10-13)15(19)9-23-17(20)16-4-3-6-24-16/h3-4,6,8,13H,5,7,9-10H2,1-2H3/t13-/m0/s1. The normalized spacial score (nSPS) is 19.0. The highest BCUT2D eigenvalue weighted by Crippen LogP contribution is 2.29. The molecule has 1 atom stereocenters. The number of hydrogen-bond acceptors (Lipinski definition) is 6. The minimum Gasteiger partial charge on any atom is -0.453 e. The number of aromatic nitrogens is 1. The number of nitrogens with zero attached hydrogens (tertiary/aromatic N) is 1. The summed E-state index contributed by atoms with van der Waals surface area (Å²) in [5.41, 5.74) is 2.03. The third-order valence-corrected chi connectivity index (χ3v) is 7.02. The maximum Gasteiger partial charge on any atom is 0.348 e. The van der Waals surface area contributed by atoms with Crippen molar-refractivity contribution in [2.24, 2.45) is 0 Å². The number of Topliss-reactive ketones (excluding diaryl/α,β-unsaturated/α-hetero) is 1. The Morgan fingerprint density at radius 3 is 2.72 bits per heavy atom. The van der Waals surface area contributed by atoms with Gasteiger partial charge in [0.15, 0.2) is 16.4 Å². The van der Waals surface area contributed by atoms with Crippen molar-refractivity contribution in [2.75, 3.05) is 18.1 Å². The van der Waals surface area contributed by atoms with Gasteiger partial charge in [0, 0.05) is 23.0 Å². The maximum atomic E-state index is 12.4. The summed E-state index contributed by atoms with van der Waals surface area (Å²) in [6.07, 6.45) is 0.555. The number of hydrogen-bond donors (Lipinski definition) is 0. The molecule has 0 saturated carbocycles. The van der Waals surface area contributed by atoms with Gasteiger partial charge in [-0.3, -0.25) is 4.79 Å². The van der Waals surface area contributed by atoms with E-state index in [-0.39, 0.29) is 29.9 Å². The van der Waals surface area contributed by atoms with Gasteiger partial charge in [0.25, 0.3) is 0 Å². The van der Waals surface area contributed by atoms with Crippen molar-refractivity contribution < 1.29 is 22.7 Å². The van der Waals surface area contributed by atoms with E-state index >= 15 is 0 Å². The van der Waals surface area contributed by atoms with Crippen LogP contribution in [0, 0.1) is 13.8 Å². The van der Waals surface area contributed by atoms with Gasteiger partial charge in [-0.2, -0.15) is 0 Å². The number of carbonyl (C=O) groups is 2. The monoisotopic (exact) mass is 381 g/mol. The number of rotatable bonds is 5. The third-order valence-electron chi connectivity index (χ3n) is 4.42. The lowest BCUT2D eigenvalue weighted by molar-refractivity contribution is 0.0479. The van der Waals surface area contributed by atoms with E-state index in [0.717, 1.165) is 11.4 Å². The molecule has 134 valence electrons. The molecule has 6 nitrogen and oxygen atoms in total. The molecular weight excluding hydrogens is 362 g/mol. The lowest BCUT2D eigenvalue weighted by atomic mass is 10.1. The number of ketones is 1. The molecule has 3 heterocycles. The Kier molecular flexibility index (Phi) is 4.83. The smallest absolute Gasteiger partial charge is 0.348 e. The molecule has 0 bridgehead atoms. The van der Waals surface area contributed by atoms with Crippen LogP contribution in [0.2, 0.25) is 0 Å². The Labute approximate surface area is 150 Å². The lowest BCUT2D eigenvalue weighted by Crippen LogP contribution is -2.16. The fraction of sp³-hybridized carbons (Fsp3) is 0.412. The quantitative estimate of drug-likeness (QED) is 0.587. The van der Waals surface area contributed by atoms with Crippen molar-refractivity contribution in [1.82, 2.24) is 4.57 Å². The van der Waals surface area contributed by atoms with E-state index in [4.69, 9.17) is 4.74 Å². The summed E-state index contributed by atoms with van der Waals surface area (Å²) in [5.74, 6) is -0.523. The largest absolute Gasteiger partial charge is 0.453 e. The summed E-state index contributed by atoms with van der Waals surface area (Å²) < 4.78 is 30.5. The van der Waals surface area contributed by atoms with Gasteiger partial charge in [-0.25, -0.2) is 13.2 Å². The molecule has 1 aliphatic heterocycles. The molecule has 0 aliphatic carbocycles. The van der Waals surface area contributed by atoms with Crippen LogP contribution in [0.5, 0.6) is 0 Å². The predicted octanol–water partition coefficient (Wildman–Crippen LogP) is 2.57. The molecule has 0 aromatic carbocycles. The van der Waals surface area contributed by atoms with Crippen molar-refractivity contribution in [3.8, 4) is 0 Å². The predicted molar refractivity (Wildman–Crippen MR) is 95.1 cm³/mol. The molecular formula is C17H19NO5S2. The average molecular weight is 381 g/mol. The molecule has 1 saturated heterocycles. The molecule has 3 rings (SSSR count). The SMILES string of the molecule is Cc1cc(C(=O)COC(=O)c2cccs2)c(C)n1[C@H]1CCS(=O)(=O)C1. The first kappa shape index (κ1) is 17.9. The van der Waals surface area contributed by atoms with Crippen LogP contribution >= 0.6 is 11.3 Å². The second-order valence-electron chi connectivity index (χ2n) is 6.19. The number of sulfone groups is 1. The van der Waals surface area contributed by atoms with Crippen LogP contribution in [0.4, 0.5) is 0 Å². The Morgan fingerprint density at radius 2 is 2.12 bits per heavy atom. The highest BCUT2D eigenvalue weighted by Gasteiger charge is 2.31. The summed E-state index contributed by atoms with van der Waals surface area (Å²) >= 11 is 1.26. The fourth-order valence-corrected chi connectivity index (χ4v) is 5.59. The van der Waals surface area contributed by atoms with E-state index in [0.29, 0.717) is 16.9 Å². The molecule has 1 aliphatic rings.